The maximum Gasteiger partial charge on any atom is 0.329 e. The number of fused-ring (bicyclic) bond motifs is 1. The van der Waals surface area contributed by atoms with Crippen LogP contribution in [0, 0.1) is 17.0 Å². The first-order valence-corrected chi connectivity index (χ1v) is 8.65. The molecule has 2 heterocycles. The van der Waals surface area contributed by atoms with Gasteiger partial charge in [-0.05, 0) is 0 Å². The number of pyridine rings is 1. The summed E-state index contributed by atoms with van der Waals surface area (Å²) in [5, 5.41) is 7.55. The SMILES string of the molecule is COc1cc(OC)c(F)c(N2Cc3cnc(N)c(/C(C=N)=C/N)c3N(C)C2=O)c1F. The third-order valence-corrected chi connectivity index (χ3v) is 4.78. The summed E-state index contributed by atoms with van der Waals surface area (Å²) in [6, 6.07) is 0.326. The second-order valence-corrected chi connectivity index (χ2v) is 6.34. The summed E-state index contributed by atoms with van der Waals surface area (Å²) in [7, 11) is 3.85. The zero-order chi connectivity index (χ0) is 22.2. The van der Waals surface area contributed by atoms with Crippen LogP contribution in [0.1, 0.15) is 11.1 Å². The van der Waals surface area contributed by atoms with Crippen LogP contribution in [0.15, 0.2) is 18.5 Å². The van der Waals surface area contributed by atoms with Crippen molar-refractivity contribution in [2.75, 3.05) is 36.8 Å². The number of hydrogen-bond acceptors (Lipinski definition) is 7. The lowest BCUT2D eigenvalue weighted by Gasteiger charge is -2.36. The van der Waals surface area contributed by atoms with Crippen molar-refractivity contribution in [2.45, 2.75) is 6.54 Å². The molecule has 0 fully saturated rings. The van der Waals surface area contributed by atoms with E-state index in [2.05, 4.69) is 4.98 Å². The predicted octanol–water partition coefficient (Wildman–Crippen LogP) is 2.48. The molecule has 1 aromatic heterocycles. The van der Waals surface area contributed by atoms with Gasteiger partial charge in [0.05, 0.1) is 32.0 Å². The summed E-state index contributed by atoms with van der Waals surface area (Å²) in [6.45, 7) is -0.210. The van der Waals surface area contributed by atoms with Gasteiger partial charge in [-0.1, -0.05) is 0 Å². The molecule has 11 heteroatoms. The number of nitrogens with two attached hydrogens (primary N) is 2. The predicted molar refractivity (Wildman–Crippen MR) is 109 cm³/mol. The van der Waals surface area contributed by atoms with Gasteiger partial charge >= 0.3 is 6.03 Å². The Hall–Kier alpha value is -3.89. The van der Waals surface area contributed by atoms with Crippen molar-refractivity contribution in [1.29, 1.82) is 5.41 Å². The van der Waals surface area contributed by atoms with E-state index < -0.39 is 23.4 Å². The molecule has 0 bridgehead atoms. The van der Waals surface area contributed by atoms with Crippen LogP contribution in [0.2, 0.25) is 0 Å². The molecule has 2 amide bonds. The number of rotatable bonds is 5. The first kappa shape index (κ1) is 20.8. The molecule has 5 N–H and O–H groups in total. The Morgan fingerprint density at radius 1 is 1.23 bits per heavy atom. The highest BCUT2D eigenvalue weighted by Crippen LogP contribution is 2.42. The van der Waals surface area contributed by atoms with Gasteiger partial charge in [-0.15, -0.1) is 0 Å². The van der Waals surface area contributed by atoms with E-state index in [1.54, 1.807) is 0 Å². The number of nitrogens with one attached hydrogen (secondary N) is 1. The van der Waals surface area contributed by atoms with Crippen molar-refractivity contribution < 1.29 is 23.0 Å². The van der Waals surface area contributed by atoms with E-state index in [1.165, 1.54) is 32.4 Å². The Labute approximate surface area is 171 Å². The van der Waals surface area contributed by atoms with Crippen LogP contribution in [0.3, 0.4) is 0 Å². The highest BCUT2D eigenvalue weighted by Gasteiger charge is 2.37. The Morgan fingerprint density at radius 3 is 2.33 bits per heavy atom. The van der Waals surface area contributed by atoms with Crippen LogP contribution in [-0.2, 0) is 6.54 Å². The molecule has 1 aromatic carbocycles. The van der Waals surface area contributed by atoms with E-state index >= 15 is 0 Å². The molecule has 30 heavy (non-hydrogen) atoms. The third kappa shape index (κ3) is 3.04. The Kier molecular flexibility index (Phi) is 5.45. The molecule has 1 aliphatic heterocycles. The van der Waals surface area contributed by atoms with E-state index in [0.29, 0.717) is 11.3 Å². The molecule has 0 saturated carbocycles. The van der Waals surface area contributed by atoms with E-state index in [9.17, 15) is 13.6 Å². The number of benzene rings is 1. The molecule has 158 valence electrons. The summed E-state index contributed by atoms with van der Waals surface area (Å²) in [6.07, 6.45) is 3.54. The van der Waals surface area contributed by atoms with Gasteiger partial charge in [-0.2, -0.15) is 0 Å². The van der Waals surface area contributed by atoms with Gasteiger partial charge in [-0.3, -0.25) is 9.80 Å². The van der Waals surface area contributed by atoms with Crippen molar-refractivity contribution in [2.24, 2.45) is 5.73 Å². The first-order chi connectivity index (χ1) is 14.3. The topological polar surface area (TPSA) is 131 Å². The Balaban J connectivity index is 2.24. The lowest BCUT2D eigenvalue weighted by Crippen LogP contribution is -2.46. The van der Waals surface area contributed by atoms with Gasteiger partial charge in [0.25, 0.3) is 0 Å². The van der Waals surface area contributed by atoms with Gasteiger partial charge in [0.2, 0.25) is 0 Å². The van der Waals surface area contributed by atoms with Gasteiger partial charge in [0.1, 0.15) is 11.5 Å². The number of carbonyl (C=O) groups excluding carboxylic acids is 1. The fraction of sp³-hybridized carbons (Fsp3) is 0.211. The van der Waals surface area contributed by atoms with Crippen LogP contribution < -0.4 is 30.7 Å². The minimum absolute atomic E-state index is 0.0578. The van der Waals surface area contributed by atoms with Crippen LogP contribution in [0.25, 0.3) is 5.57 Å². The highest BCUT2D eigenvalue weighted by atomic mass is 19.1. The summed E-state index contributed by atoms with van der Waals surface area (Å²) in [4.78, 5) is 19.3. The van der Waals surface area contributed by atoms with Gasteiger partial charge in [0.15, 0.2) is 23.1 Å². The van der Waals surface area contributed by atoms with Crippen molar-refractivity contribution in [1.82, 2.24) is 4.98 Å². The molecule has 0 saturated heterocycles. The Morgan fingerprint density at radius 2 is 1.83 bits per heavy atom. The minimum Gasteiger partial charge on any atom is -0.493 e. The maximum atomic E-state index is 15.0. The number of carbonyl (C=O) groups is 1. The maximum absolute atomic E-state index is 15.0. The molecule has 0 aliphatic carbocycles. The molecule has 1 aliphatic rings. The molecular weight excluding hydrogens is 398 g/mol. The van der Waals surface area contributed by atoms with Crippen molar-refractivity contribution in [3.63, 3.8) is 0 Å². The average molecular weight is 418 g/mol. The molecule has 9 nitrogen and oxygen atoms in total. The van der Waals surface area contributed by atoms with Crippen molar-refractivity contribution >= 4 is 35.0 Å². The van der Waals surface area contributed by atoms with Crippen LogP contribution in [0.4, 0.5) is 30.8 Å². The van der Waals surface area contributed by atoms with E-state index in [4.69, 9.17) is 26.4 Å². The van der Waals surface area contributed by atoms with Crippen molar-refractivity contribution in [3.8, 4) is 11.5 Å². The van der Waals surface area contributed by atoms with Gasteiger partial charge < -0.3 is 26.4 Å². The number of aromatic nitrogens is 1. The number of ether oxygens (including phenoxy) is 2. The molecule has 0 unspecified atom stereocenters. The van der Waals surface area contributed by atoms with Gasteiger partial charge in [-0.25, -0.2) is 18.6 Å². The molecule has 3 rings (SSSR count). The zero-order valence-corrected chi connectivity index (χ0v) is 16.5. The molecule has 0 spiro atoms. The summed E-state index contributed by atoms with van der Waals surface area (Å²) >= 11 is 0. The first-order valence-electron chi connectivity index (χ1n) is 8.65. The fourth-order valence-electron chi connectivity index (χ4n) is 3.34. The van der Waals surface area contributed by atoms with Crippen molar-refractivity contribution in [3.05, 3.63) is 41.2 Å². The number of anilines is 3. The van der Waals surface area contributed by atoms with E-state index in [0.717, 1.165) is 23.4 Å². The van der Waals surface area contributed by atoms with E-state index in [-0.39, 0.29) is 35.0 Å². The monoisotopic (exact) mass is 418 g/mol. The molecule has 0 atom stereocenters. The molecular formula is C19H20F2N6O3. The average Bonchev–Trinajstić information content (AvgIpc) is 2.74. The summed E-state index contributed by atoms with van der Waals surface area (Å²) in [5.74, 6) is -2.60. The summed E-state index contributed by atoms with van der Waals surface area (Å²) in [5.41, 5.74) is 12.2. The number of amides is 2. The number of hydrogen-bond donors (Lipinski definition) is 3. The standard InChI is InChI=1S/C19H20F2N6O3/c1-26-16-10(7-25-18(24)13(16)9(5-22)6-23)8-27(19(26)28)17-14(20)11(29-2)4-12(30-3)15(17)21/h4-7,22H,8,23H2,1-3H3,(H2,24,25)/b9-6+,22-5?. The fourth-order valence-corrected chi connectivity index (χ4v) is 3.34. The third-order valence-electron chi connectivity index (χ3n) is 4.78. The zero-order valence-electron chi connectivity index (χ0n) is 16.5. The quantitative estimate of drug-likeness (QED) is 0.640. The second kappa shape index (κ2) is 7.85. The normalized spacial score (nSPS) is 13.9. The Bertz CT molecular complexity index is 1040. The second-order valence-electron chi connectivity index (χ2n) is 6.34. The highest BCUT2D eigenvalue weighted by molar-refractivity contribution is 6.16. The lowest BCUT2D eigenvalue weighted by atomic mass is 10.00. The van der Waals surface area contributed by atoms with Gasteiger partial charge in [0, 0.05) is 42.9 Å². The van der Waals surface area contributed by atoms with Crippen LogP contribution >= 0.6 is 0 Å². The van der Waals surface area contributed by atoms with Crippen LogP contribution in [0.5, 0.6) is 11.5 Å². The smallest absolute Gasteiger partial charge is 0.329 e. The lowest BCUT2D eigenvalue weighted by molar-refractivity contribution is 0.250. The number of methoxy groups -OCH3 is 2. The largest absolute Gasteiger partial charge is 0.493 e. The van der Waals surface area contributed by atoms with Crippen LogP contribution in [-0.4, -0.2) is 38.5 Å². The van der Waals surface area contributed by atoms with E-state index in [1.807, 2.05) is 0 Å². The molecule has 0 radical (unpaired) electrons. The number of halogens is 2. The number of nitrogens with zero attached hydrogens (tertiary/aromatic N) is 3. The number of allylic oxidation sites excluding steroid dienone is 1. The number of urea groups is 1. The molecule has 2 aromatic rings. The number of nitrogen functional groups attached to an aromatic ring is 1. The minimum atomic E-state index is -1.05. The summed E-state index contributed by atoms with van der Waals surface area (Å²) < 4.78 is 39.8.